The normalized spacial score (nSPS) is 12.1. The van der Waals surface area contributed by atoms with Crippen LogP contribution in [0.2, 0.25) is 0 Å². The average molecular weight is 372 g/mol. The molecule has 21 heavy (non-hydrogen) atoms. The molecule has 1 aromatic heterocycles. The molecule has 2 rings (SSSR count). The minimum atomic E-state index is -0.850. The molecule has 112 valence electrons. The van der Waals surface area contributed by atoms with E-state index in [1.165, 1.54) is 6.07 Å². The highest BCUT2D eigenvalue weighted by molar-refractivity contribution is 9.10. The van der Waals surface area contributed by atoms with Gasteiger partial charge in [0, 0.05) is 22.5 Å². The molecule has 0 bridgehead atoms. The molecule has 0 saturated carbocycles. The van der Waals surface area contributed by atoms with E-state index in [0.717, 1.165) is 5.56 Å². The number of nitro benzene ring substituents is 1. The van der Waals surface area contributed by atoms with Gasteiger partial charge < -0.3 is 9.84 Å². The highest BCUT2D eigenvalue weighted by Gasteiger charge is 2.23. The number of aliphatic hydroxyl groups excluding tert-OH is 1. The van der Waals surface area contributed by atoms with Crippen LogP contribution >= 0.6 is 27.3 Å². The zero-order chi connectivity index (χ0) is 15.4. The molecule has 0 saturated heterocycles. The number of benzene rings is 1. The summed E-state index contributed by atoms with van der Waals surface area (Å²) in [6.07, 6.45) is -0.187. The standard InChI is InChI=1S/C14H14BrNO4S/c1-9(17)12-6-11(15)7-13(16(18)19)14(12)20-4-2-10-3-5-21-8-10/h3,5-9,17H,2,4H2,1H3. The van der Waals surface area contributed by atoms with Crippen molar-refractivity contribution < 1.29 is 14.8 Å². The molecule has 2 aromatic rings. The molecule has 0 aliphatic carbocycles. The summed E-state index contributed by atoms with van der Waals surface area (Å²) in [6.45, 7) is 1.87. The fourth-order valence-electron chi connectivity index (χ4n) is 1.91. The van der Waals surface area contributed by atoms with E-state index in [1.54, 1.807) is 24.3 Å². The number of rotatable bonds is 6. The van der Waals surface area contributed by atoms with Gasteiger partial charge >= 0.3 is 5.69 Å². The summed E-state index contributed by atoms with van der Waals surface area (Å²) in [5.74, 6) is 0.133. The molecular formula is C14H14BrNO4S. The maximum Gasteiger partial charge on any atom is 0.312 e. The lowest BCUT2D eigenvalue weighted by molar-refractivity contribution is -0.386. The van der Waals surface area contributed by atoms with Gasteiger partial charge in [0.2, 0.25) is 5.75 Å². The molecule has 0 aliphatic rings. The Labute approximate surface area is 134 Å². The molecule has 0 spiro atoms. The van der Waals surface area contributed by atoms with Crippen molar-refractivity contribution in [3.63, 3.8) is 0 Å². The maximum absolute atomic E-state index is 11.2. The second-order valence-electron chi connectivity index (χ2n) is 4.51. The molecule has 7 heteroatoms. The number of ether oxygens (including phenoxy) is 1. The lowest BCUT2D eigenvalue weighted by Gasteiger charge is -2.14. The molecule has 5 nitrogen and oxygen atoms in total. The van der Waals surface area contributed by atoms with E-state index in [-0.39, 0.29) is 11.4 Å². The molecule has 0 radical (unpaired) electrons. The Bertz CT molecular complexity index is 628. The number of nitrogens with zero attached hydrogens (tertiary/aromatic N) is 1. The Kier molecular flexibility index (Phi) is 5.33. The van der Waals surface area contributed by atoms with Gasteiger partial charge in [-0.25, -0.2) is 0 Å². The molecule has 0 aliphatic heterocycles. The van der Waals surface area contributed by atoms with E-state index in [2.05, 4.69) is 15.9 Å². The fraction of sp³-hybridized carbons (Fsp3) is 0.286. The average Bonchev–Trinajstić information content (AvgIpc) is 2.92. The van der Waals surface area contributed by atoms with Crippen LogP contribution in [-0.4, -0.2) is 16.6 Å². The Hall–Kier alpha value is -1.44. The van der Waals surface area contributed by atoms with Crippen LogP contribution in [0.5, 0.6) is 5.75 Å². The van der Waals surface area contributed by atoms with Crippen molar-refractivity contribution in [1.29, 1.82) is 0 Å². The quantitative estimate of drug-likeness (QED) is 0.612. The van der Waals surface area contributed by atoms with Gasteiger partial charge in [0.05, 0.1) is 17.6 Å². The van der Waals surface area contributed by atoms with Gasteiger partial charge in [-0.1, -0.05) is 15.9 Å². The highest BCUT2D eigenvalue weighted by Crippen LogP contribution is 2.37. The Morgan fingerprint density at radius 3 is 2.86 bits per heavy atom. The first-order valence-corrected chi connectivity index (χ1v) is 8.02. The van der Waals surface area contributed by atoms with E-state index < -0.39 is 11.0 Å². The van der Waals surface area contributed by atoms with Crippen molar-refractivity contribution in [3.8, 4) is 5.75 Å². The van der Waals surface area contributed by atoms with Crippen LogP contribution in [0.15, 0.2) is 33.4 Å². The minimum Gasteiger partial charge on any atom is -0.486 e. The number of hydrogen-bond donors (Lipinski definition) is 1. The number of aliphatic hydroxyl groups is 1. The predicted octanol–water partition coefficient (Wildman–Crippen LogP) is 4.09. The van der Waals surface area contributed by atoms with Crippen LogP contribution in [0.1, 0.15) is 24.2 Å². The Balaban J connectivity index is 2.24. The van der Waals surface area contributed by atoms with Crippen molar-refractivity contribution >= 4 is 33.0 Å². The van der Waals surface area contributed by atoms with Gasteiger partial charge in [0.25, 0.3) is 0 Å². The first-order chi connectivity index (χ1) is 9.99. The molecule has 1 unspecified atom stereocenters. The summed E-state index contributed by atoms with van der Waals surface area (Å²) < 4.78 is 6.14. The number of halogens is 1. The largest absolute Gasteiger partial charge is 0.486 e. The molecule has 1 aromatic carbocycles. The van der Waals surface area contributed by atoms with Crippen LogP contribution in [0.25, 0.3) is 0 Å². The van der Waals surface area contributed by atoms with E-state index in [9.17, 15) is 15.2 Å². The lowest BCUT2D eigenvalue weighted by Crippen LogP contribution is -2.07. The summed E-state index contributed by atoms with van der Waals surface area (Å²) in [7, 11) is 0. The summed E-state index contributed by atoms with van der Waals surface area (Å²) in [5, 5.41) is 24.9. The molecule has 1 N–H and O–H groups in total. The van der Waals surface area contributed by atoms with Crippen LogP contribution in [-0.2, 0) is 6.42 Å². The van der Waals surface area contributed by atoms with Crippen molar-refractivity contribution in [2.24, 2.45) is 0 Å². The monoisotopic (exact) mass is 371 g/mol. The molecule has 0 amide bonds. The summed E-state index contributed by atoms with van der Waals surface area (Å²) in [4.78, 5) is 10.7. The molecule has 1 atom stereocenters. The molecular weight excluding hydrogens is 358 g/mol. The van der Waals surface area contributed by atoms with Crippen molar-refractivity contribution in [2.75, 3.05) is 6.61 Å². The smallest absolute Gasteiger partial charge is 0.312 e. The number of nitro groups is 1. The third-order valence-electron chi connectivity index (χ3n) is 2.93. The van der Waals surface area contributed by atoms with Crippen LogP contribution in [0, 0.1) is 10.1 Å². The van der Waals surface area contributed by atoms with Gasteiger partial charge in [-0.3, -0.25) is 10.1 Å². The summed E-state index contributed by atoms with van der Waals surface area (Å²) >= 11 is 4.81. The summed E-state index contributed by atoms with van der Waals surface area (Å²) in [5.41, 5.74) is 1.38. The first-order valence-electron chi connectivity index (χ1n) is 6.29. The zero-order valence-electron chi connectivity index (χ0n) is 11.3. The van der Waals surface area contributed by atoms with E-state index in [0.29, 0.717) is 23.1 Å². The van der Waals surface area contributed by atoms with Gasteiger partial charge in [-0.2, -0.15) is 11.3 Å². The molecule has 0 fully saturated rings. The fourth-order valence-corrected chi connectivity index (χ4v) is 3.08. The van der Waals surface area contributed by atoms with Crippen LogP contribution in [0.4, 0.5) is 5.69 Å². The van der Waals surface area contributed by atoms with Gasteiger partial charge in [-0.05, 0) is 35.4 Å². The van der Waals surface area contributed by atoms with Crippen molar-refractivity contribution in [1.82, 2.24) is 0 Å². The predicted molar refractivity (Wildman–Crippen MR) is 84.9 cm³/mol. The second-order valence-corrected chi connectivity index (χ2v) is 6.20. The Morgan fingerprint density at radius 1 is 1.52 bits per heavy atom. The van der Waals surface area contributed by atoms with Gasteiger partial charge in [0.15, 0.2) is 0 Å². The summed E-state index contributed by atoms with van der Waals surface area (Å²) in [6, 6.07) is 5.00. The number of thiophene rings is 1. The third kappa shape index (κ3) is 4.03. The minimum absolute atomic E-state index is 0.133. The second kappa shape index (κ2) is 7.02. The van der Waals surface area contributed by atoms with E-state index >= 15 is 0 Å². The first kappa shape index (κ1) is 15.9. The lowest BCUT2D eigenvalue weighted by atomic mass is 10.1. The topological polar surface area (TPSA) is 72.6 Å². The van der Waals surface area contributed by atoms with Crippen LogP contribution in [0.3, 0.4) is 0 Å². The van der Waals surface area contributed by atoms with Crippen molar-refractivity contribution in [3.05, 3.63) is 54.7 Å². The third-order valence-corrected chi connectivity index (χ3v) is 4.12. The van der Waals surface area contributed by atoms with Crippen LogP contribution < -0.4 is 4.74 Å². The van der Waals surface area contributed by atoms with Crippen molar-refractivity contribution in [2.45, 2.75) is 19.4 Å². The molecule has 1 heterocycles. The highest BCUT2D eigenvalue weighted by atomic mass is 79.9. The zero-order valence-corrected chi connectivity index (χ0v) is 13.7. The maximum atomic E-state index is 11.2. The van der Waals surface area contributed by atoms with E-state index in [1.807, 2.05) is 16.8 Å². The number of hydrogen-bond acceptors (Lipinski definition) is 5. The van der Waals surface area contributed by atoms with Gasteiger partial charge in [-0.15, -0.1) is 0 Å². The van der Waals surface area contributed by atoms with E-state index in [4.69, 9.17) is 4.74 Å². The van der Waals surface area contributed by atoms with Gasteiger partial charge in [0.1, 0.15) is 0 Å². The SMILES string of the molecule is CC(O)c1cc(Br)cc([N+](=O)[O-])c1OCCc1ccsc1. The Morgan fingerprint density at radius 2 is 2.29 bits per heavy atom.